The molecule has 0 spiro atoms. The Morgan fingerprint density at radius 3 is 2.47 bits per heavy atom. The van der Waals surface area contributed by atoms with Gasteiger partial charge < -0.3 is 0 Å². The Balaban J connectivity index is 0.000000404. The molecule has 0 saturated heterocycles. The van der Waals surface area contributed by atoms with Gasteiger partial charge in [-0.15, -0.1) is 0 Å². The van der Waals surface area contributed by atoms with E-state index in [1.54, 1.807) is 22.3 Å². The molecule has 82 valence electrons. The first-order chi connectivity index (χ1) is 7.36. The first kappa shape index (κ1) is 10.7. The summed E-state index contributed by atoms with van der Waals surface area (Å²) in [5, 5.41) is 0. The van der Waals surface area contributed by atoms with Crippen LogP contribution in [-0.2, 0) is 12.8 Å². The van der Waals surface area contributed by atoms with Gasteiger partial charge in [0.05, 0.1) is 0 Å². The molecule has 15 heavy (non-hydrogen) atoms. The molecule has 0 aromatic heterocycles. The van der Waals surface area contributed by atoms with Crippen LogP contribution in [0.3, 0.4) is 0 Å². The molecule has 1 aromatic carbocycles. The highest BCUT2D eigenvalue weighted by Crippen LogP contribution is 2.43. The lowest BCUT2D eigenvalue weighted by Crippen LogP contribution is -1.93. The van der Waals surface area contributed by atoms with Crippen LogP contribution in [0.4, 0.5) is 0 Å². The molecule has 0 radical (unpaired) electrons. The highest BCUT2D eigenvalue weighted by molar-refractivity contribution is 5.45. The van der Waals surface area contributed by atoms with Gasteiger partial charge in [0.2, 0.25) is 0 Å². The first-order valence-electron chi connectivity index (χ1n) is 6.47. The Hall–Kier alpha value is -0.780. The molecule has 1 aromatic rings. The van der Waals surface area contributed by atoms with Gasteiger partial charge in [-0.1, -0.05) is 26.0 Å². The fourth-order valence-electron chi connectivity index (χ4n) is 2.71. The second-order valence-electron chi connectivity index (χ2n) is 4.55. The lowest BCUT2D eigenvalue weighted by Gasteiger charge is -2.09. The van der Waals surface area contributed by atoms with E-state index >= 15 is 0 Å². The average Bonchev–Trinajstić information content (AvgIpc) is 2.99. The highest BCUT2D eigenvalue weighted by atomic mass is 14.3. The Kier molecular flexibility index (Phi) is 3.14. The van der Waals surface area contributed by atoms with Crippen molar-refractivity contribution in [1.82, 2.24) is 0 Å². The van der Waals surface area contributed by atoms with Crippen molar-refractivity contribution in [3.05, 3.63) is 34.4 Å². The number of benzene rings is 1. The summed E-state index contributed by atoms with van der Waals surface area (Å²) in [5.41, 5.74) is 6.59. The third-order valence-corrected chi connectivity index (χ3v) is 3.63. The smallest absolute Gasteiger partial charge is 0.0159 e. The van der Waals surface area contributed by atoms with E-state index in [1.807, 2.05) is 13.8 Å². The summed E-state index contributed by atoms with van der Waals surface area (Å²) in [6.07, 6.45) is 6.90. The zero-order chi connectivity index (χ0) is 10.8. The fraction of sp³-hybridized carbons (Fsp3) is 0.600. The van der Waals surface area contributed by atoms with Gasteiger partial charge in [-0.2, -0.15) is 0 Å². The van der Waals surface area contributed by atoms with E-state index in [-0.39, 0.29) is 0 Å². The fourth-order valence-corrected chi connectivity index (χ4v) is 2.71. The van der Waals surface area contributed by atoms with Crippen molar-refractivity contribution in [3.63, 3.8) is 0 Å². The minimum Gasteiger partial charge on any atom is -0.0683 e. The maximum atomic E-state index is 2.39. The lowest BCUT2D eigenvalue weighted by molar-refractivity contribution is 0.908. The molecule has 0 amide bonds. The second-order valence-corrected chi connectivity index (χ2v) is 4.55. The molecular weight excluding hydrogens is 180 g/mol. The van der Waals surface area contributed by atoms with Gasteiger partial charge in [0, 0.05) is 0 Å². The molecule has 0 nitrogen and oxygen atoms in total. The summed E-state index contributed by atoms with van der Waals surface area (Å²) in [6.45, 7) is 6.33. The zero-order valence-electron chi connectivity index (χ0n) is 10.3. The van der Waals surface area contributed by atoms with Crippen molar-refractivity contribution in [2.75, 3.05) is 0 Å². The van der Waals surface area contributed by atoms with Gasteiger partial charge in [-0.05, 0) is 67.2 Å². The third-order valence-electron chi connectivity index (χ3n) is 3.63. The number of rotatable bonds is 1. The molecule has 0 heterocycles. The summed E-state index contributed by atoms with van der Waals surface area (Å²) < 4.78 is 0. The molecule has 3 rings (SSSR count). The van der Waals surface area contributed by atoms with E-state index in [2.05, 4.69) is 19.1 Å². The van der Waals surface area contributed by atoms with Gasteiger partial charge in [-0.25, -0.2) is 0 Å². The molecule has 2 aliphatic rings. The molecule has 0 N–H and O–H groups in total. The van der Waals surface area contributed by atoms with Crippen molar-refractivity contribution >= 4 is 0 Å². The van der Waals surface area contributed by atoms with Crippen molar-refractivity contribution in [1.29, 1.82) is 0 Å². The van der Waals surface area contributed by atoms with Gasteiger partial charge in [0.1, 0.15) is 0 Å². The van der Waals surface area contributed by atoms with Crippen LogP contribution < -0.4 is 0 Å². The predicted octanol–water partition coefficient (Wildman–Crippen LogP) is 4.39. The summed E-state index contributed by atoms with van der Waals surface area (Å²) in [6, 6.07) is 4.76. The van der Waals surface area contributed by atoms with Gasteiger partial charge in [-0.3, -0.25) is 0 Å². The van der Waals surface area contributed by atoms with E-state index in [9.17, 15) is 0 Å². The minimum atomic E-state index is 0.922. The number of aryl methyl sites for hydroxylation is 1. The maximum Gasteiger partial charge on any atom is -0.0159 e. The highest BCUT2D eigenvalue weighted by Gasteiger charge is 2.27. The SMILES string of the molecule is CC.Cc1c(C2CC2)ccc2c1CCC2. The Morgan fingerprint density at radius 1 is 1.07 bits per heavy atom. The minimum absolute atomic E-state index is 0.922. The number of hydrogen-bond acceptors (Lipinski definition) is 0. The Morgan fingerprint density at radius 2 is 1.80 bits per heavy atom. The van der Waals surface area contributed by atoms with Crippen molar-refractivity contribution in [3.8, 4) is 0 Å². The van der Waals surface area contributed by atoms with Crippen LogP contribution in [0, 0.1) is 6.92 Å². The van der Waals surface area contributed by atoms with E-state index < -0.39 is 0 Å². The van der Waals surface area contributed by atoms with Gasteiger partial charge in [0.15, 0.2) is 0 Å². The molecule has 0 bridgehead atoms. The average molecular weight is 202 g/mol. The Bertz CT molecular complexity index is 345. The topological polar surface area (TPSA) is 0 Å². The molecule has 0 heteroatoms. The standard InChI is InChI=1S/C13H16.C2H6/c1-9-12-4-2-3-10(12)7-8-13(9)11-5-6-11;1-2/h7-8,11H,2-6H2,1H3;1-2H3. The van der Waals surface area contributed by atoms with E-state index in [1.165, 1.54) is 32.1 Å². The molecule has 0 atom stereocenters. The third kappa shape index (κ3) is 1.95. The molecule has 2 aliphatic carbocycles. The Labute approximate surface area is 93.7 Å². The normalized spacial score (nSPS) is 18.1. The molecule has 0 unspecified atom stereocenters. The van der Waals surface area contributed by atoms with Crippen LogP contribution in [0.25, 0.3) is 0 Å². The monoisotopic (exact) mass is 202 g/mol. The van der Waals surface area contributed by atoms with Crippen LogP contribution in [0.15, 0.2) is 12.1 Å². The van der Waals surface area contributed by atoms with Crippen LogP contribution >= 0.6 is 0 Å². The summed E-state index contributed by atoms with van der Waals surface area (Å²) >= 11 is 0. The first-order valence-corrected chi connectivity index (χ1v) is 6.47. The van der Waals surface area contributed by atoms with Crippen LogP contribution in [0.2, 0.25) is 0 Å². The predicted molar refractivity (Wildman–Crippen MR) is 66.5 cm³/mol. The number of hydrogen-bond donors (Lipinski definition) is 0. The molecular formula is C15H22. The summed E-state index contributed by atoms with van der Waals surface area (Å²) in [7, 11) is 0. The molecule has 0 aliphatic heterocycles. The lowest BCUT2D eigenvalue weighted by atomic mass is 9.96. The second kappa shape index (κ2) is 4.38. The van der Waals surface area contributed by atoms with Crippen molar-refractivity contribution < 1.29 is 0 Å². The van der Waals surface area contributed by atoms with Crippen LogP contribution in [0.5, 0.6) is 0 Å². The maximum absolute atomic E-state index is 2.39. The van der Waals surface area contributed by atoms with E-state index in [4.69, 9.17) is 0 Å². The van der Waals surface area contributed by atoms with Gasteiger partial charge >= 0.3 is 0 Å². The molecule has 1 fully saturated rings. The summed E-state index contributed by atoms with van der Waals surface area (Å²) in [5.74, 6) is 0.922. The van der Waals surface area contributed by atoms with Crippen LogP contribution in [0.1, 0.15) is 61.3 Å². The largest absolute Gasteiger partial charge is 0.0683 e. The quantitative estimate of drug-likeness (QED) is 0.633. The van der Waals surface area contributed by atoms with Crippen LogP contribution in [-0.4, -0.2) is 0 Å². The van der Waals surface area contributed by atoms with E-state index in [0.717, 1.165) is 5.92 Å². The van der Waals surface area contributed by atoms with Crippen molar-refractivity contribution in [2.24, 2.45) is 0 Å². The molecule has 1 saturated carbocycles. The number of fused-ring (bicyclic) bond motifs is 1. The summed E-state index contributed by atoms with van der Waals surface area (Å²) in [4.78, 5) is 0. The van der Waals surface area contributed by atoms with E-state index in [0.29, 0.717) is 0 Å². The van der Waals surface area contributed by atoms with Crippen molar-refractivity contribution in [2.45, 2.75) is 58.8 Å². The van der Waals surface area contributed by atoms with Gasteiger partial charge in [0.25, 0.3) is 0 Å². The zero-order valence-corrected chi connectivity index (χ0v) is 10.3.